The van der Waals surface area contributed by atoms with Gasteiger partial charge < -0.3 is 20.1 Å². The van der Waals surface area contributed by atoms with E-state index in [1.54, 1.807) is 0 Å². The zero-order valence-electron chi connectivity index (χ0n) is 12.9. The second kappa shape index (κ2) is 10.4. The molecule has 0 bridgehead atoms. The van der Waals surface area contributed by atoms with Crippen molar-refractivity contribution in [1.82, 2.24) is 10.6 Å². The van der Waals surface area contributed by atoms with E-state index in [1.165, 1.54) is 12.8 Å². The van der Waals surface area contributed by atoms with E-state index >= 15 is 0 Å². The van der Waals surface area contributed by atoms with E-state index in [2.05, 4.69) is 10.6 Å². The maximum Gasteiger partial charge on any atom is 0.248 e. The largest absolute Gasteiger partial charge is 0.376 e. The molecule has 6 heteroatoms. The smallest absolute Gasteiger partial charge is 0.248 e. The predicted octanol–water partition coefficient (Wildman–Crippen LogP) is 1.50. The summed E-state index contributed by atoms with van der Waals surface area (Å²) in [4.78, 5) is 11.9. The first-order chi connectivity index (χ1) is 9.75. The van der Waals surface area contributed by atoms with Crippen LogP contribution >= 0.6 is 12.4 Å². The van der Waals surface area contributed by atoms with Crippen LogP contribution in [0.4, 0.5) is 0 Å². The van der Waals surface area contributed by atoms with Gasteiger partial charge in [-0.3, -0.25) is 4.79 Å². The number of carbonyl (C=O) groups is 1. The lowest BCUT2D eigenvalue weighted by Gasteiger charge is -2.23. The quantitative estimate of drug-likeness (QED) is 0.746. The van der Waals surface area contributed by atoms with Crippen LogP contribution in [-0.2, 0) is 14.3 Å². The average molecular weight is 321 g/mol. The van der Waals surface area contributed by atoms with Crippen molar-refractivity contribution in [2.24, 2.45) is 5.92 Å². The van der Waals surface area contributed by atoms with Crippen molar-refractivity contribution in [2.45, 2.75) is 51.2 Å². The molecule has 0 spiro atoms. The molecule has 1 amide bonds. The maximum atomic E-state index is 11.9. The molecule has 2 rings (SSSR count). The first kappa shape index (κ1) is 18.7. The number of halogens is 1. The summed E-state index contributed by atoms with van der Waals surface area (Å²) in [5, 5.41) is 6.37. The van der Waals surface area contributed by atoms with Crippen LogP contribution in [-0.4, -0.2) is 51.0 Å². The Bertz CT molecular complexity index is 293. The van der Waals surface area contributed by atoms with Gasteiger partial charge in [0.15, 0.2) is 0 Å². The van der Waals surface area contributed by atoms with Crippen LogP contribution in [0.2, 0.25) is 0 Å². The highest BCUT2D eigenvalue weighted by atomic mass is 35.5. The summed E-state index contributed by atoms with van der Waals surface area (Å²) in [5.74, 6) is 0.693. The Morgan fingerprint density at radius 3 is 2.95 bits per heavy atom. The summed E-state index contributed by atoms with van der Waals surface area (Å²) in [7, 11) is 0. The number of hydrogen-bond acceptors (Lipinski definition) is 4. The molecule has 5 nitrogen and oxygen atoms in total. The Kier molecular flexibility index (Phi) is 9.24. The molecule has 0 saturated carbocycles. The fourth-order valence-corrected chi connectivity index (χ4v) is 2.82. The van der Waals surface area contributed by atoms with Gasteiger partial charge in [-0.25, -0.2) is 0 Å². The number of amides is 1. The molecule has 0 aromatic rings. The maximum absolute atomic E-state index is 11.9. The van der Waals surface area contributed by atoms with Crippen molar-refractivity contribution in [2.75, 3.05) is 32.8 Å². The molecule has 2 heterocycles. The molecule has 0 aromatic carbocycles. The van der Waals surface area contributed by atoms with Gasteiger partial charge in [-0.05, 0) is 58.0 Å². The minimum atomic E-state index is -0.385. The molecule has 21 heavy (non-hydrogen) atoms. The van der Waals surface area contributed by atoms with E-state index in [1.807, 2.05) is 6.92 Å². The molecule has 2 aliphatic heterocycles. The topological polar surface area (TPSA) is 59.6 Å². The van der Waals surface area contributed by atoms with Crippen molar-refractivity contribution in [3.05, 3.63) is 0 Å². The third kappa shape index (κ3) is 6.96. The number of hydrogen-bond donors (Lipinski definition) is 2. The average Bonchev–Trinajstić information content (AvgIpc) is 2.99. The zero-order chi connectivity index (χ0) is 14.2. The molecule has 3 atom stereocenters. The van der Waals surface area contributed by atoms with Gasteiger partial charge in [0.05, 0.1) is 12.7 Å². The number of carbonyl (C=O) groups excluding carboxylic acids is 1. The van der Waals surface area contributed by atoms with Crippen molar-refractivity contribution < 1.29 is 14.3 Å². The van der Waals surface area contributed by atoms with Gasteiger partial charge in [-0.1, -0.05) is 0 Å². The van der Waals surface area contributed by atoms with E-state index in [-0.39, 0.29) is 30.5 Å². The monoisotopic (exact) mass is 320 g/mol. The van der Waals surface area contributed by atoms with Gasteiger partial charge in [0.1, 0.15) is 6.10 Å². The van der Waals surface area contributed by atoms with Crippen LogP contribution in [0, 0.1) is 5.92 Å². The normalized spacial score (nSPS) is 26.9. The summed E-state index contributed by atoms with van der Waals surface area (Å²) >= 11 is 0. The third-order valence-corrected chi connectivity index (χ3v) is 4.18. The van der Waals surface area contributed by atoms with Gasteiger partial charge in [0, 0.05) is 13.2 Å². The standard InChI is InChI=1S/C15H28N2O3.ClH/c1-12(20-11-14-5-3-9-19-14)15(18)17-8-6-13-4-2-7-16-10-13;/h12-14,16H,2-11H2,1H3,(H,17,18);1H. The number of piperidine rings is 1. The SMILES string of the molecule is CC(OCC1CCCO1)C(=O)NCCC1CCCNC1.Cl. The molecular weight excluding hydrogens is 292 g/mol. The lowest BCUT2D eigenvalue weighted by molar-refractivity contribution is -0.133. The van der Waals surface area contributed by atoms with Crippen LogP contribution in [0.5, 0.6) is 0 Å². The van der Waals surface area contributed by atoms with Crippen molar-refractivity contribution in [1.29, 1.82) is 0 Å². The molecule has 3 unspecified atom stereocenters. The van der Waals surface area contributed by atoms with Gasteiger partial charge in [-0.15, -0.1) is 12.4 Å². The molecule has 0 radical (unpaired) electrons. The summed E-state index contributed by atoms with van der Waals surface area (Å²) in [5.41, 5.74) is 0. The van der Waals surface area contributed by atoms with Crippen molar-refractivity contribution in [3.8, 4) is 0 Å². The highest BCUT2D eigenvalue weighted by Gasteiger charge is 2.20. The first-order valence-corrected chi connectivity index (χ1v) is 7.97. The molecule has 2 N–H and O–H groups in total. The molecule has 0 aliphatic carbocycles. The predicted molar refractivity (Wildman–Crippen MR) is 84.9 cm³/mol. The Morgan fingerprint density at radius 2 is 2.29 bits per heavy atom. The summed E-state index contributed by atoms with van der Waals surface area (Å²) in [6.45, 7) is 6.13. The van der Waals surface area contributed by atoms with Crippen LogP contribution in [0.15, 0.2) is 0 Å². The molecule has 2 aliphatic rings. The second-order valence-corrected chi connectivity index (χ2v) is 5.90. The van der Waals surface area contributed by atoms with Crippen LogP contribution in [0.25, 0.3) is 0 Å². The summed E-state index contributed by atoms with van der Waals surface area (Å²) in [6, 6.07) is 0. The molecule has 124 valence electrons. The van der Waals surface area contributed by atoms with Crippen molar-refractivity contribution in [3.63, 3.8) is 0 Å². The van der Waals surface area contributed by atoms with Crippen LogP contribution in [0.3, 0.4) is 0 Å². The van der Waals surface area contributed by atoms with Gasteiger partial charge in [-0.2, -0.15) is 0 Å². The Labute approximate surface area is 133 Å². The molecule has 2 saturated heterocycles. The van der Waals surface area contributed by atoms with E-state index in [4.69, 9.17) is 9.47 Å². The minimum absolute atomic E-state index is 0. The van der Waals surface area contributed by atoms with Gasteiger partial charge in [0.25, 0.3) is 0 Å². The molecular formula is C15H29ClN2O3. The van der Waals surface area contributed by atoms with E-state index in [0.29, 0.717) is 12.5 Å². The van der Waals surface area contributed by atoms with E-state index in [0.717, 1.165) is 45.5 Å². The van der Waals surface area contributed by atoms with Crippen LogP contribution < -0.4 is 10.6 Å². The minimum Gasteiger partial charge on any atom is -0.376 e. The van der Waals surface area contributed by atoms with E-state index < -0.39 is 0 Å². The zero-order valence-corrected chi connectivity index (χ0v) is 13.8. The second-order valence-electron chi connectivity index (χ2n) is 5.90. The van der Waals surface area contributed by atoms with Crippen molar-refractivity contribution >= 4 is 18.3 Å². The van der Waals surface area contributed by atoms with Gasteiger partial charge >= 0.3 is 0 Å². The van der Waals surface area contributed by atoms with Crippen LogP contribution in [0.1, 0.15) is 39.0 Å². The Morgan fingerprint density at radius 1 is 1.43 bits per heavy atom. The highest BCUT2D eigenvalue weighted by Crippen LogP contribution is 2.14. The lowest BCUT2D eigenvalue weighted by atomic mass is 9.96. The fraction of sp³-hybridized carbons (Fsp3) is 0.933. The Hall–Kier alpha value is -0.360. The van der Waals surface area contributed by atoms with E-state index in [9.17, 15) is 4.79 Å². The summed E-state index contributed by atoms with van der Waals surface area (Å²) < 4.78 is 11.1. The number of nitrogens with one attached hydrogen (secondary N) is 2. The fourth-order valence-electron chi connectivity index (χ4n) is 2.82. The molecule has 0 aromatic heterocycles. The number of rotatable bonds is 7. The Balaban J connectivity index is 0.00000220. The summed E-state index contributed by atoms with van der Waals surface area (Å²) in [6.07, 6.45) is 5.51. The number of ether oxygens (including phenoxy) is 2. The third-order valence-electron chi connectivity index (χ3n) is 4.18. The lowest BCUT2D eigenvalue weighted by Crippen LogP contribution is -2.38. The highest BCUT2D eigenvalue weighted by molar-refractivity contribution is 5.85. The first-order valence-electron chi connectivity index (χ1n) is 7.97. The van der Waals surface area contributed by atoms with Gasteiger partial charge in [0.2, 0.25) is 5.91 Å². The molecule has 2 fully saturated rings.